The molecule has 2 saturated heterocycles. The summed E-state index contributed by atoms with van der Waals surface area (Å²) in [6, 6.07) is 8.41. The summed E-state index contributed by atoms with van der Waals surface area (Å²) in [5.41, 5.74) is 5.09. The van der Waals surface area contributed by atoms with E-state index in [-0.39, 0.29) is 28.9 Å². The van der Waals surface area contributed by atoms with Gasteiger partial charge in [0, 0.05) is 87.1 Å². The van der Waals surface area contributed by atoms with Crippen molar-refractivity contribution in [3.63, 3.8) is 0 Å². The number of imide groups is 1. The summed E-state index contributed by atoms with van der Waals surface area (Å²) < 4.78 is 38.9. The van der Waals surface area contributed by atoms with Gasteiger partial charge in [-0.2, -0.15) is 5.10 Å². The van der Waals surface area contributed by atoms with Gasteiger partial charge in [-0.1, -0.05) is 12.1 Å². The number of benzene rings is 2. The molecule has 2 aromatic carbocycles. The number of aromatic amines is 1. The summed E-state index contributed by atoms with van der Waals surface area (Å²) in [5.74, 6) is 0.481. The molecular formula is C41H53N9O7S. The number of hydrogen-bond donors (Lipinski definition) is 3. The third kappa shape index (κ3) is 8.72. The van der Waals surface area contributed by atoms with Gasteiger partial charge in [0.2, 0.25) is 11.8 Å². The lowest BCUT2D eigenvalue weighted by Gasteiger charge is -2.34. The Labute approximate surface area is 339 Å². The number of aromatic nitrogens is 4. The van der Waals surface area contributed by atoms with Crippen LogP contribution in [0, 0.1) is 13.8 Å². The average molecular weight is 816 g/mol. The van der Waals surface area contributed by atoms with Crippen LogP contribution in [-0.2, 0) is 37.1 Å². The lowest BCUT2D eigenvalue weighted by molar-refractivity contribution is -0.136. The van der Waals surface area contributed by atoms with Crippen LogP contribution in [0.3, 0.4) is 0 Å². The molecule has 17 heteroatoms. The predicted octanol–water partition coefficient (Wildman–Crippen LogP) is 3.69. The molecule has 2 fully saturated rings. The Bertz CT molecular complexity index is 2300. The van der Waals surface area contributed by atoms with E-state index in [0.717, 1.165) is 67.9 Å². The Morgan fingerprint density at radius 1 is 0.948 bits per heavy atom. The summed E-state index contributed by atoms with van der Waals surface area (Å²) in [6.07, 6.45) is 3.59. The number of hydrogen-bond acceptors (Lipinski definition) is 13. The van der Waals surface area contributed by atoms with Crippen molar-refractivity contribution < 1.29 is 32.3 Å². The molecule has 3 amide bonds. The van der Waals surface area contributed by atoms with Crippen molar-refractivity contribution in [3.05, 3.63) is 64.6 Å². The standard InChI is InChI=1S/C41H53N9O7S/c1-26-27(2)46-47-37(26)45-38-30-22-35(58(54,55)41(3,4)5)34(23-32(30)42-25-43-38)57-21-18-49-15-13-48(14-16-49)17-20-56-19-7-9-28-8-6-10-29-31(28)24-50(40(29)53)33-11-12-36(51)44-39(33)52/h6,8,10,22-23,25,33H,7,9,11-21,24H2,1-5H3,(H,44,51,52)(H2,42,43,45,46,47)/t33-/m0/s1. The topological polar surface area (TPSA) is 192 Å². The van der Waals surface area contributed by atoms with Crippen molar-refractivity contribution in [3.8, 4) is 5.75 Å². The lowest BCUT2D eigenvalue weighted by Crippen LogP contribution is -2.52. The number of nitrogens with zero attached hydrogens (tertiary/aromatic N) is 6. The molecule has 3 N–H and O–H groups in total. The molecule has 3 aliphatic rings. The number of sulfone groups is 1. The fourth-order valence-corrected chi connectivity index (χ4v) is 8.92. The van der Waals surface area contributed by atoms with E-state index in [1.807, 2.05) is 32.0 Å². The molecule has 4 aromatic rings. The van der Waals surface area contributed by atoms with E-state index >= 15 is 0 Å². The van der Waals surface area contributed by atoms with Crippen LogP contribution in [0.15, 0.2) is 41.6 Å². The normalized spacial score (nSPS) is 18.2. The summed E-state index contributed by atoms with van der Waals surface area (Å²) in [7, 11) is -3.79. The number of rotatable bonds is 15. The number of piperidine rings is 1. The molecule has 5 heterocycles. The maximum Gasteiger partial charge on any atom is 0.255 e. The van der Waals surface area contributed by atoms with Crippen LogP contribution in [0.1, 0.15) is 72.8 Å². The van der Waals surface area contributed by atoms with Gasteiger partial charge in [0.05, 0.1) is 16.9 Å². The Kier molecular flexibility index (Phi) is 12.1. The molecule has 0 aliphatic carbocycles. The molecule has 16 nitrogen and oxygen atoms in total. The van der Waals surface area contributed by atoms with Gasteiger partial charge in [0.15, 0.2) is 15.7 Å². The largest absolute Gasteiger partial charge is 0.491 e. The maximum absolute atomic E-state index is 13.9. The first kappa shape index (κ1) is 41.2. The molecule has 7 rings (SSSR count). The first-order chi connectivity index (χ1) is 27.7. The number of piperazine rings is 1. The summed E-state index contributed by atoms with van der Waals surface area (Å²) >= 11 is 0. The predicted molar refractivity (Wildman–Crippen MR) is 218 cm³/mol. The zero-order valence-electron chi connectivity index (χ0n) is 33.9. The van der Waals surface area contributed by atoms with Gasteiger partial charge in [0.1, 0.15) is 35.4 Å². The number of carbonyl (C=O) groups is 3. The molecule has 58 heavy (non-hydrogen) atoms. The highest BCUT2D eigenvalue weighted by Crippen LogP contribution is 2.37. The number of anilines is 2. The molecule has 0 saturated carbocycles. The second-order valence-electron chi connectivity index (χ2n) is 16.2. The Balaban J connectivity index is 0.862. The minimum absolute atomic E-state index is 0.101. The highest BCUT2D eigenvalue weighted by molar-refractivity contribution is 7.92. The van der Waals surface area contributed by atoms with Gasteiger partial charge in [-0.15, -0.1) is 0 Å². The first-order valence-corrected chi connectivity index (χ1v) is 21.4. The van der Waals surface area contributed by atoms with E-state index in [2.05, 4.69) is 40.6 Å². The minimum Gasteiger partial charge on any atom is -0.491 e. The van der Waals surface area contributed by atoms with Gasteiger partial charge in [-0.25, -0.2) is 18.4 Å². The third-order valence-corrected chi connectivity index (χ3v) is 13.9. The molecule has 0 spiro atoms. The van der Waals surface area contributed by atoms with Crippen LogP contribution in [-0.4, -0.2) is 131 Å². The SMILES string of the molecule is Cc1[nH]nc(Nc2ncnc3cc(OCCN4CCN(CCOCCCc5cccc6c5CN([C@H]5CCC(=O)NC5=O)C6=O)CC4)c(S(=O)(=O)C(C)(C)C)cc23)c1C. The maximum atomic E-state index is 13.9. The molecule has 0 unspecified atom stereocenters. The van der Waals surface area contributed by atoms with Crippen LogP contribution in [0.5, 0.6) is 5.75 Å². The second-order valence-corrected chi connectivity index (χ2v) is 18.9. The molecule has 310 valence electrons. The fraction of sp³-hybridized carbons (Fsp3) is 0.512. The van der Waals surface area contributed by atoms with Crippen molar-refractivity contribution in [2.75, 3.05) is 64.4 Å². The smallest absolute Gasteiger partial charge is 0.255 e. The number of ether oxygens (including phenoxy) is 2. The minimum atomic E-state index is -3.79. The number of H-pyrrole nitrogens is 1. The van der Waals surface area contributed by atoms with Crippen LogP contribution in [0.25, 0.3) is 10.9 Å². The van der Waals surface area contributed by atoms with Gasteiger partial charge in [0.25, 0.3) is 5.91 Å². The van der Waals surface area contributed by atoms with E-state index in [1.165, 1.54) is 6.33 Å². The molecular weight excluding hydrogens is 763 g/mol. The zero-order valence-corrected chi connectivity index (χ0v) is 34.7. The first-order valence-electron chi connectivity index (χ1n) is 19.9. The number of amides is 3. The Hall–Kier alpha value is -4.97. The number of carbonyl (C=O) groups excluding carboxylic acids is 3. The van der Waals surface area contributed by atoms with Crippen LogP contribution in [0.2, 0.25) is 0 Å². The third-order valence-electron chi connectivity index (χ3n) is 11.4. The van der Waals surface area contributed by atoms with Gasteiger partial charge in [-0.05, 0) is 77.1 Å². The van der Waals surface area contributed by atoms with E-state index in [9.17, 15) is 22.8 Å². The van der Waals surface area contributed by atoms with Crippen molar-refractivity contribution in [2.45, 2.75) is 82.5 Å². The number of nitrogens with one attached hydrogen (secondary N) is 3. The van der Waals surface area contributed by atoms with Gasteiger partial charge < -0.3 is 19.7 Å². The van der Waals surface area contributed by atoms with Crippen LogP contribution in [0.4, 0.5) is 11.6 Å². The summed E-state index contributed by atoms with van der Waals surface area (Å²) in [6.45, 7) is 15.8. The molecule has 0 bridgehead atoms. The Morgan fingerprint density at radius 2 is 1.69 bits per heavy atom. The zero-order chi connectivity index (χ0) is 41.2. The van der Waals surface area contributed by atoms with Gasteiger partial charge in [-0.3, -0.25) is 34.6 Å². The van der Waals surface area contributed by atoms with Crippen molar-refractivity contribution >= 4 is 50.1 Å². The summed E-state index contributed by atoms with van der Waals surface area (Å²) in [4.78, 5) is 52.4. The molecule has 3 aliphatic heterocycles. The highest BCUT2D eigenvalue weighted by Gasteiger charge is 2.40. The average Bonchev–Trinajstić information content (AvgIpc) is 3.69. The van der Waals surface area contributed by atoms with Gasteiger partial charge >= 0.3 is 0 Å². The van der Waals surface area contributed by atoms with E-state index in [4.69, 9.17) is 9.47 Å². The van der Waals surface area contributed by atoms with E-state index in [0.29, 0.717) is 67.4 Å². The number of fused-ring (bicyclic) bond motifs is 2. The van der Waals surface area contributed by atoms with Crippen molar-refractivity contribution in [1.82, 2.24) is 40.2 Å². The van der Waals surface area contributed by atoms with Crippen molar-refractivity contribution in [2.24, 2.45) is 0 Å². The summed E-state index contributed by atoms with van der Waals surface area (Å²) in [5, 5.41) is 13.4. The monoisotopic (exact) mass is 815 g/mol. The lowest BCUT2D eigenvalue weighted by atomic mass is 10.00. The van der Waals surface area contributed by atoms with Crippen LogP contribution < -0.4 is 15.4 Å². The highest BCUT2D eigenvalue weighted by atomic mass is 32.2. The fourth-order valence-electron chi connectivity index (χ4n) is 7.60. The Morgan fingerprint density at radius 3 is 2.38 bits per heavy atom. The van der Waals surface area contributed by atoms with E-state index in [1.54, 1.807) is 37.8 Å². The van der Waals surface area contributed by atoms with Crippen molar-refractivity contribution in [1.29, 1.82) is 0 Å². The van der Waals surface area contributed by atoms with Crippen LogP contribution >= 0.6 is 0 Å². The number of aryl methyl sites for hydroxylation is 2. The molecule has 2 aromatic heterocycles. The quantitative estimate of drug-likeness (QED) is 0.116. The molecule has 1 atom stereocenters. The second kappa shape index (κ2) is 17.1. The molecule has 0 radical (unpaired) electrons. The van der Waals surface area contributed by atoms with E-state index < -0.39 is 26.5 Å².